The van der Waals surface area contributed by atoms with E-state index in [1.54, 1.807) is 4.57 Å². The fourth-order valence-electron chi connectivity index (χ4n) is 2.57. The first-order chi connectivity index (χ1) is 13.0. The lowest BCUT2D eigenvalue weighted by Gasteiger charge is -2.06. The highest BCUT2D eigenvalue weighted by Crippen LogP contribution is 2.22. The number of hydrogen-bond donors (Lipinski definition) is 1. The fraction of sp³-hybridized carbons (Fsp3) is 0.118. The van der Waals surface area contributed by atoms with Crippen LogP contribution in [0.4, 0.5) is 5.13 Å². The normalized spacial score (nSPS) is 11.0. The number of fused-ring (bicyclic) bond motifs is 1. The van der Waals surface area contributed by atoms with Crippen molar-refractivity contribution >= 4 is 56.3 Å². The van der Waals surface area contributed by atoms with E-state index in [2.05, 4.69) is 15.3 Å². The molecule has 4 aromatic rings. The highest BCUT2D eigenvalue weighted by atomic mass is 32.1. The lowest BCUT2D eigenvalue weighted by molar-refractivity contribution is -0.116. The van der Waals surface area contributed by atoms with Crippen LogP contribution in [0.3, 0.4) is 0 Å². The van der Waals surface area contributed by atoms with E-state index in [0.717, 1.165) is 11.4 Å². The van der Waals surface area contributed by atoms with Crippen molar-refractivity contribution in [1.82, 2.24) is 19.1 Å². The number of carbonyl (C=O) groups is 1. The summed E-state index contributed by atoms with van der Waals surface area (Å²) in [5, 5.41) is 5.03. The first-order valence-corrected chi connectivity index (χ1v) is 10.0. The molecule has 7 nitrogen and oxygen atoms in total. The third-order valence-corrected chi connectivity index (χ3v) is 5.98. The van der Waals surface area contributed by atoms with Crippen LogP contribution in [0.2, 0.25) is 0 Å². The SMILES string of the molecule is Cc1csc(NC(=O)Cn2cnc3c(sc(=S)n3-c3ccccc3)c2=O)n1. The Morgan fingerprint density at radius 2 is 2.07 bits per heavy atom. The van der Waals surface area contributed by atoms with Crippen molar-refractivity contribution in [2.24, 2.45) is 0 Å². The highest BCUT2D eigenvalue weighted by molar-refractivity contribution is 7.73. The zero-order chi connectivity index (χ0) is 19.0. The van der Waals surface area contributed by atoms with E-state index < -0.39 is 0 Å². The van der Waals surface area contributed by atoms with Gasteiger partial charge in [-0.3, -0.25) is 18.7 Å². The molecule has 0 saturated heterocycles. The molecule has 10 heteroatoms. The van der Waals surface area contributed by atoms with Gasteiger partial charge in [0.1, 0.15) is 17.6 Å². The molecular formula is C17H13N5O2S3. The quantitative estimate of drug-likeness (QED) is 0.517. The van der Waals surface area contributed by atoms with Crippen LogP contribution in [0.1, 0.15) is 5.69 Å². The fourth-order valence-corrected chi connectivity index (χ4v) is 4.62. The number of aromatic nitrogens is 4. The molecule has 0 aliphatic heterocycles. The topological polar surface area (TPSA) is 81.8 Å². The van der Waals surface area contributed by atoms with Gasteiger partial charge in [0.05, 0.1) is 5.69 Å². The summed E-state index contributed by atoms with van der Waals surface area (Å²) in [7, 11) is 0. The molecule has 136 valence electrons. The number of anilines is 1. The van der Waals surface area contributed by atoms with E-state index in [9.17, 15) is 9.59 Å². The van der Waals surface area contributed by atoms with Crippen molar-refractivity contribution in [1.29, 1.82) is 0 Å². The first kappa shape index (κ1) is 17.7. The van der Waals surface area contributed by atoms with Gasteiger partial charge in [-0.05, 0) is 31.3 Å². The predicted molar refractivity (Wildman–Crippen MR) is 110 cm³/mol. The number of benzene rings is 1. The Balaban J connectivity index is 1.68. The smallest absolute Gasteiger partial charge is 0.273 e. The maximum absolute atomic E-state index is 12.8. The first-order valence-electron chi connectivity index (χ1n) is 7.91. The van der Waals surface area contributed by atoms with Gasteiger partial charge >= 0.3 is 0 Å². The Bertz CT molecular complexity index is 1250. The summed E-state index contributed by atoms with van der Waals surface area (Å²) in [6.07, 6.45) is 1.37. The second-order valence-electron chi connectivity index (χ2n) is 5.71. The van der Waals surface area contributed by atoms with Gasteiger partial charge in [-0.2, -0.15) is 0 Å². The van der Waals surface area contributed by atoms with Gasteiger partial charge in [-0.25, -0.2) is 9.97 Å². The number of nitrogens with one attached hydrogen (secondary N) is 1. The van der Waals surface area contributed by atoms with E-state index in [-0.39, 0.29) is 18.0 Å². The Morgan fingerprint density at radius 1 is 1.30 bits per heavy atom. The summed E-state index contributed by atoms with van der Waals surface area (Å²) in [6, 6.07) is 9.50. The van der Waals surface area contributed by atoms with Crippen molar-refractivity contribution in [2.75, 3.05) is 5.32 Å². The molecule has 4 rings (SSSR count). The molecule has 0 atom stereocenters. The maximum Gasteiger partial charge on any atom is 0.273 e. The number of para-hydroxylation sites is 1. The Labute approximate surface area is 166 Å². The molecule has 0 bridgehead atoms. The molecule has 0 spiro atoms. The maximum atomic E-state index is 12.8. The van der Waals surface area contributed by atoms with Gasteiger partial charge < -0.3 is 5.32 Å². The number of nitrogens with zero attached hydrogens (tertiary/aromatic N) is 4. The molecule has 3 heterocycles. The van der Waals surface area contributed by atoms with Crippen LogP contribution in [-0.4, -0.2) is 25.0 Å². The van der Waals surface area contributed by atoms with Gasteiger partial charge in [0, 0.05) is 11.1 Å². The molecule has 0 fully saturated rings. The Hall–Kier alpha value is -2.69. The standard InChI is InChI=1S/C17H13N5O2S3/c1-10-8-26-16(19-10)20-12(23)7-21-9-18-14-13(15(21)24)27-17(25)22(14)11-5-3-2-4-6-11/h2-6,8-9H,7H2,1H3,(H,19,20,23). The van der Waals surface area contributed by atoms with Crippen molar-refractivity contribution in [3.05, 3.63) is 62.0 Å². The molecule has 27 heavy (non-hydrogen) atoms. The summed E-state index contributed by atoms with van der Waals surface area (Å²) in [6.45, 7) is 1.70. The number of rotatable bonds is 4. The van der Waals surface area contributed by atoms with Crippen LogP contribution >= 0.6 is 34.9 Å². The van der Waals surface area contributed by atoms with Gasteiger partial charge in [0.2, 0.25) is 5.91 Å². The molecule has 0 radical (unpaired) electrons. The van der Waals surface area contributed by atoms with Crippen LogP contribution in [0.15, 0.2) is 46.8 Å². The van der Waals surface area contributed by atoms with E-state index in [1.165, 1.54) is 33.6 Å². The van der Waals surface area contributed by atoms with E-state index in [0.29, 0.717) is 19.4 Å². The average Bonchev–Trinajstić information content (AvgIpc) is 3.21. The van der Waals surface area contributed by atoms with Crippen molar-refractivity contribution in [3.63, 3.8) is 0 Å². The minimum absolute atomic E-state index is 0.142. The molecule has 0 aliphatic rings. The zero-order valence-corrected chi connectivity index (χ0v) is 16.5. The van der Waals surface area contributed by atoms with E-state index >= 15 is 0 Å². The van der Waals surface area contributed by atoms with Gasteiger partial charge in [-0.1, -0.05) is 29.5 Å². The summed E-state index contributed by atoms with van der Waals surface area (Å²) in [5.74, 6) is -0.335. The summed E-state index contributed by atoms with van der Waals surface area (Å²) in [4.78, 5) is 33.6. The monoisotopic (exact) mass is 415 g/mol. The van der Waals surface area contributed by atoms with Crippen molar-refractivity contribution in [2.45, 2.75) is 13.5 Å². The molecule has 3 aromatic heterocycles. The molecular weight excluding hydrogens is 402 g/mol. The highest BCUT2D eigenvalue weighted by Gasteiger charge is 2.15. The van der Waals surface area contributed by atoms with Gasteiger partial charge in [-0.15, -0.1) is 11.3 Å². The molecule has 1 amide bonds. The van der Waals surface area contributed by atoms with Crippen LogP contribution in [0, 0.1) is 10.9 Å². The van der Waals surface area contributed by atoms with Crippen LogP contribution in [-0.2, 0) is 11.3 Å². The lowest BCUT2D eigenvalue weighted by Crippen LogP contribution is -2.27. The van der Waals surface area contributed by atoms with Crippen molar-refractivity contribution in [3.8, 4) is 5.69 Å². The Kier molecular flexibility index (Phi) is 4.68. The Morgan fingerprint density at radius 3 is 2.78 bits per heavy atom. The summed E-state index contributed by atoms with van der Waals surface area (Å²) < 4.78 is 3.99. The number of amides is 1. The third-order valence-electron chi connectivity index (χ3n) is 3.76. The average molecular weight is 416 g/mol. The second-order valence-corrected chi connectivity index (χ2v) is 8.21. The second kappa shape index (κ2) is 7.14. The molecule has 1 aromatic carbocycles. The number of hydrogen-bond acceptors (Lipinski definition) is 7. The van der Waals surface area contributed by atoms with Crippen LogP contribution in [0.5, 0.6) is 0 Å². The number of carbonyl (C=O) groups excluding carboxylic acids is 1. The third kappa shape index (κ3) is 3.46. The van der Waals surface area contributed by atoms with Crippen LogP contribution in [0.25, 0.3) is 16.0 Å². The predicted octanol–water partition coefficient (Wildman–Crippen LogP) is 3.38. The lowest BCUT2D eigenvalue weighted by atomic mass is 10.3. The van der Waals surface area contributed by atoms with Gasteiger partial charge in [0.25, 0.3) is 5.56 Å². The summed E-state index contributed by atoms with van der Waals surface area (Å²) in [5.41, 5.74) is 1.87. The van der Waals surface area contributed by atoms with Crippen LogP contribution < -0.4 is 10.9 Å². The minimum Gasteiger partial charge on any atom is -0.300 e. The number of thiazole rings is 2. The zero-order valence-electron chi connectivity index (χ0n) is 14.1. The molecule has 0 aliphatic carbocycles. The van der Waals surface area contributed by atoms with Gasteiger partial charge in [0.15, 0.2) is 14.7 Å². The van der Waals surface area contributed by atoms with E-state index in [1.807, 2.05) is 42.6 Å². The molecule has 0 saturated carbocycles. The minimum atomic E-state index is -0.335. The summed E-state index contributed by atoms with van der Waals surface area (Å²) >= 11 is 7.95. The molecule has 1 N–H and O–H groups in total. The number of aryl methyl sites for hydroxylation is 1. The van der Waals surface area contributed by atoms with Crippen molar-refractivity contribution < 1.29 is 4.79 Å². The largest absolute Gasteiger partial charge is 0.300 e. The molecule has 0 unspecified atom stereocenters. The van der Waals surface area contributed by atoms with E-state index in [4.69, 9.17) is 12.2 Å².